The van der Waals surface area contributed by atoms with Crippen LogP contribution in [0.2, 0.25) is 0 Å². The van der Waals surface area contributed by atoms with E-state index in [1.807, 2.05) is 31.2 Å². The number of aryl methyl sites for hydroxylation is 1. The van der Waals surface area contributed by atoms with E-state index < -0.39 is 6.04 Å². The highest BCUT2D eigenvalue weighted by atomic mass is 19.1. The molecule has 2 heterocycles. The van der Waals surface area contributed by atoms with Crippen LogP contribution in [0, 0.1) is 18.7 Å². The van der Waals surface area contributed by atoms with Crippen LogP contribution in [-0.4, -0.2) is 41.2 Å². The molecular weight excluding hydrogens is 437 g/mol. The molecule has 4 nitrogen and oxygen atoms in total. The second kappa shape index (κ2) is 10.5. The number of hydrogen-bond donors (Lipinski definition) is 0. The van der Waals surface area contributed by atoms with Gasteiger partial charge in [-0.15, -0.1) is 0 Å². The number of carbonyl (C=O) groups excluding carboxylic acids is 1. The fourth-order valence-electron chi connectivity index (χ4n) is 5.29. The molecular formula is C30H32FN3O. The molecule has 0 aromatic heterocycles. The largest absolute Gasteiger partial charge is 0.294 e. The number of piperidine rings is 1. The van der Waals surface area contributed by atoms with Gasteiger partial charge in [0.15, 0.2) is 0 Å². The van der Waals surface area contributed by atoms with Crippen LogP contribution in [-0.2, 0) is 11.2 Å². The number of carbonyl (C=O) groups is 1. The van der Waals surface area contributed by atoms with Crippen molar-refractivity contribution in [3.63, 3.8) is 0 Å². The van der Waals surface area contributed by atoms with Crippen molar-refractivity contribution in [2.75, 3.05) is 19.6 Å². The van der Waals surface area contributed by atoms with Crippen molar-refractivity contribution in [2.24, 2.45) is 11.0 Å². The van der Waals surface area contributed by atoms with Gasteiger partial charge in [-0.2, -0.15) is 5.10 Å². The molecule has 5 heteroatoms. The van der Waals surface area contributed by atoms with E-state index in [9.17, 15) is 9.18 Å². The second-order valence-electron chi connectivity index (χ2n) is 9.81. The minimum Gasteiger partial charge on any atom is -0.294 e. The molecule has 1 atom stereocenters. The molecule has 2 aliphatic rings. The summed E-state index contributed by atoms with van der Waals surface area (Å²) in [6, 6.07) is 25.0. The molecule has 2 aliphatic heterocycles. The Hall–Kier alpha value is -3.31. The minimum atomic E-state index is -0.421. The summed E-state index contributed by atoms with van der Waals surface area (Å²) < 4.78 is 14.8. The number of benzene rings is 3. The van der Waals surface area contributed by atoms with E-state index >= 15 is 0 Å². The van der Waals surface area contributed by atoms with E-state index in [1.165, 1.54) is 16.6 Å². The molecule has 3 aromatic rings. The maximum atomic E-state index is 14.8. The van der Waals surface area contributed by atoms with Gasteiger partial charge in [0, 0.05) is 12.0 Å². The topological polar surface area (TPSA) is 35.9 Å². The summed E-state index contributed by atoms with van der Waals surface area (Å²) in [4.78, 5) is 15.7. The molecule has 3 aromatic carbocycles. The summed E-state index contributed by atoms with van der Waals surface area (Å²) >= 11 is 0. The molecule has 180 valence electrons. The predicted octanol–water partition coefficient (Wildman–Crippen LogP) is 5.77. The van der Waals surface area contributed by atoms with Gasteiger partial charge in [-0.05, 0) is 62.4 Å². The minimum absolute atomic E-state index is 0.0672. The number of nitrogens with zero attached hydrogens (tertiary/aromatic N) is 3. The zero-order valence-corrected chi connectivity index (χ0v) is 20.2. The van der Waals surface area contributed by atoms with Gasteiger partial charge in [0.2, 0.25) is 0 Å². The number of hydrazone groups is 1. The zero-order valence-electron chi connectivity index (χ0n) is 20.2. The Kier molecular flexibility index (Phi) is 7.05. The monoisotopic (exact) mass is 469 g/mol. The smallest absolute Gasteiger partial charge is 0.257 e. The van der Waals surface area contributed by atoms with Gasteiger partial charge in [-0.3, -0.25) is 9.69 Å². The van der Waals surface area contributed by atoms with Crippen LogP contribution in [0.15, 0.2) is 84.0 Å². The first kappa shape index (κ1) is 23.4. The third-order valence-corrected chi connectivity index (χ3v) is 7.21. The van der Waals surface area contributed by atoms with Crippen LogP contribution >= 0.6 is 0 Å². The van der Waals surface area contributed by atoms with E-state index in [0.717, 1.165) is 49.2 Å². The summed E-state index contributed by atoms with van der Waals surface area (Å²) in [5.41, 5.74) is 4.86. The summed E-state index contributed by atoms with van der Waals surface area (Å²) in [5.74, 6) is 0.285. The normalized spacial score (nSPS) is 19.1. The highest BCUT2D eigenvalue weighted by Crippen LogP contribution is 2.34. The van der Waals surface area contributed by atoms with Crippen molar-refractivity contribution in [1.82, 2.24) is 9.91 Å². The Balaban J connectivity index is 1.28. The van der Waals surface area contributed by atoms with E-state index in [4.69, 9.17) is 5.10 Å². The molecule has 0 unspecified atom stereocenters. The average Bonchev–Trinajstić information content (AvgIpc) is 3.32. The highest BCUT2D eigenvalue weighted by molar-refractivity contribution is 6.03. The van der Waals surface area contributed by atoms with Gasteiger partial charge in [0.05, 0.1) is 18.3 Å². The fourth-order valence-corrected chi connectivity index (χ4v) is 5.29. The lowest BCUT2D eigenvalue weighted by atomic mass is 9.90. The zero-order chi connectivity index (χ0) is 24.2. The maximum Gasteiger partial charge on any atom is 0.257 e. The first-order valence-electron chi connectivity index (χ1n) is 12.5. The van der Waals surface area contributed by atoms with Crippen LogP contribution in [0.25, 0.3) is 0 Å². The lowest BCUT2D eigenvalue weighted by molar-refractivity contribution is -0.134. The second-order valence-corrected chi connectivity index (χ2v) is 9.81. The third kappa shape index (κ3) is 5.51. The summed E-state index contributed by atoms with van der Waals surface area (Å²) in [6.45, 7) is 4.15. The van der Waals surface area contributed by atoms with Crippen molar-refractivity contribution < 1.29 is 9.18 Å². The first-order valence-corrected chi connectivity index (χ1v) is 12.5. The Bertz CT molecular complexity index is 1200. The van der Waals surface area contributed by atoms with Crippen molar-refractivity contribution in [1.29, 1.82) is 0 Å². The number of amides is 1. The summed E-state index contributed by atoms with van der Waals surface area (Å²) in [7, 11) is 0. The molecule has 35 heavy (non-hydrogen) atoms. The van der Waals surface area contributed by atoms with Crippen molar-refractivity contribution in [3.8, 4) is 0 Å². The molecule has 0 radical (unpaired) electrons. The van der Waals surface area contributed by atoms with E-state index in [1.54, 1.807) is 12.1 Å². The summed E-state index contributed by atoms with van der Waals surface area (Å²) in [5, 5.41) is 6.28. The fraction of sp³-hybridized carbons (Fsp3) is 0.333. The van der Waals surface area contributed by atoms with E-state index in [-0.39, 0.29) is 11.7 Å². The predicted molar refractivity (Wildman–Crippen MR) is 138 cm³/mol. The van der Waals surface area contributed by atoms with Gasteiger partial charge in [-0.1, -0.05) is 78.4 Å². The molecule has 0 bridgehead atoms. The molecule has 0 aliphatic carbocycles. The number of rotatable bonds is 6. The van der Waals surface area contributed by atoms with Gasteiger partial charge in [0.25, 0.3) is 5.91 Å². The van der Waals surface area contributed by atoms with Crippen LogP contribution in [0.4, 0.5) is 4.39 Å². The molecule has 0 N–H and O–H groups in total. The van der Waals surface area contributed by atoms with Crippen molar-refractivity contribution in [3.05, 3.63) is 107 Å². The molecule has 1 saturated heterocycles. The Labute approximate surface area is 207 Å². The van der Waals surface area contributed by atoms with Crippen LogP contribution < -0.4 is 0 Å². The van der Waals surface area contributed by atoms with Crippen LogP contribution in [0.3, 0.4) is 0 Å². The highest BCUT2D eigenvalue weighted by Gasteiger charge is 2.35. The molecule has 0 spiro atoms. The standard InChI is InChI=1S/C30H32FN3O/c1-22-8-7-11-25(18-22)28-20-29(26-12-5-6-13-27(26)31)34(32-28)30(35)21-33-16-14-24(15-17-33)19-23-9-3-2-4-10-23/h2-13,18,24,29H,14-17,19-21H2,1H3/t29-/m1/s1. The first-order chi connectivity index (χ1) is 17.1. The molecule has 1 amide bonds. The molecule has 5 rings (SSSR count). The number of hydrogen-bond acceptors (Lipinski definition) is 3. The average molecular weight is 470 g/mol. The molecule has 0 saturated carbocycles. The van der Waals surface area contributed by atoms with Crippen molar-refractivity contribution in [2.45, 2.75) is 38.6 Å². The van der Waals surface area contributed by atoms with E-state index in [0.29, 0.717) is 24.4 Å². The van der Waals surface area contributed by atoms with Crippen LogP contribution in [0.5, 0.6) is 0 Å². The lowest BCUT2D eigenvalue weighted by Crippen LogP contribution is -2.42. The van der Waals surface area contributed by atoms with Gasteiger partial charge in [0.1, 0.15) is 5.82 Å². The number of halogens is 1. The van der Waals surface area contributed by atoms with Crippen LogP contribution in [0.1, 0.15) is 47.6 Å². The van der Waals surface area contributed by atoms with Gasteiger partial charge >= 0.3 is 0 Å². The Morgan fingerprint density at radius 2 is 1.71 bits per heavy atom. The lowest BCUT2D eigenvalue weighted by Gasteiger charge is -2.33. The molecule has 1 fully saturated rings. The van der Waals surface area contributed by atoms with Gasteiger partial charge in [-0.25, -0.2) is 9.40 Å². The van der Waals surface area contributed by atoms with E-state index in [2.05, 4.69) is 41.3 Å². The van der Waals surface area contributed by atoms with Crippen molar-refractivity contribution >= 4 is 11.6 Å². The third-order valence-electron chi connectivity index (χ3n) is 7.21. The summed E-state index contributed by atoms with van der Waals surface area (Å²) in [6.07, 6.45) is 3.76. The maximum absolute atomic E-state index is 14.8. The Morgan fingerprint density at radius 3 is 2.46 bits per heavy atom. The quantitative estimate of drug-likeness (QED) is 0.460. The SMILES string of the molecule is Cc1cccc(C2=NN(C(=O)CN3CCC(Cc4ccccc4)CC3)[C@@H](c3ccccc3F)C2)c1. The van der Waals surface area contributed by atoms with Gasteiger partial charge < -0.3 is 0 Å². The number of likely N-dealkylation sites (tertiary alicyclic amines) is 1. The Morgan fingerprint density at radius 1 is 0.971 bits per heavy atom.